The van der Waals surface area contributed by atoms with E-state index in [0.29, 0.717) is 12.5 Å². The van der Waals surface area contributed by atoms with E-state index >= 15 is 0 Å². The Balaban J connectivity index is 3.52. The Labute approximate surface area is 93.9 Å². The summed E-state index contributed by atoms with van der Waals surface area (Å²) in [6, 6.07) is -0.179. The zero-order valence-corrected chi connectivity index (χ0v) is 10.1. The van der Waals surface area contributed by atoms with Crippen molar-refractivity contribution in [3.05, 3.63) is 21.0 Å². The number of nitrogens with zero attached hydrogens (tertiary/aromatic N) is 3. The monoisotopic (exact) mass is 226 g/mol. The van der Waals surface area contributed by atoms with E-state index in [1.165, 1.54) is 4.57 Å². The van der Waals surface area contributed by atoms with Gasteiger partial charge in [-0.25, -0.2) is 14.2 Å². The molecule has 0 aliphatic heterocycles. The summed E-state index contributed by atoms with van der Waals surface area (Å²) >= 11 is 0. The smallest absolute Gasteiger partial charge is 0.355 e. The van der Waals surface area contributed by atoms with E-state index in [0.717, 1.165) is 11.0 Å². The van der Waals surface area contributed by atoms with Gasteiger partial charge >= 0.3 is 11.4 Å². The normalized spacial score (nSPS) is 10.8. The van der Waals surface area contributed by atoms with Crippen molar-refractivity contribution in [3.8, 4) is 0 Å². The fraction of sp³-hybridized carbons (Fsp3) is 0.700. The molecule has 0 amide bonds. The van der Waals surface area contributed by atoms with Gasteiger partial charge in [0.25, 0.3) is 0 Å². The van der Waals surface area contributed by atoms with E-state index in [4.69, 9.17) is 0 Å². The molecule has 0 unspecified atom stereocenters. The van der Waals surface area contributed by atoms with Gasteiger partial charge < -0.3 is 5.32 Å². The van der Waals surface area contributed by atoms with E-state index in [-0.39, 0.29) is 11.7 Å². The number of rotatable bonds is 4. The van der Waals surface area contributed by atoms with Crippen LogP contribution in [0.2, 0.25) is 0 Å². The van der Waals surface area contributed by atoms with Crippen LogP contribution >= 0.6 is 0 Å². The third kappa shape index (κ3) is 2.15. The molecule has 0 radical (unpaired) electrons. The van der Waals surface area contributed by atoms with Gasteiger partial charge in [0.05, 0.1) is 0 Å². The summed E-state index contributed by atoms with van der Waals surface area (Å²) in [6.45, 7) is 6.10. The van der Waals surface area contributed by atoms with Gasteiger partial charge in [-0.15, -0.1) is 0 Å². The minimum Gasteiger partial charge on any atom is -0.358 e. The van der Waals surface area contributed by atoms with E-state index in [1.54, 1.807) is 20.9 Å². The lowest BCUT2D eigenvalue weighted by atomic mass is 10.4. The molecule has 0 spiro atoms. The van der Waals surface area contributed by atoms with Crippen LogP contribution in [0.15, 0.2) is 9.59 Å². The van der Waals surface area contributed by atoms with Crippen molar-refractivity contribution < 1.29 is 0 Å². The average molecular weight is 226 g/mol. The molecule has 0 bridgehead atoms. The van der Waals surface area contributed by atoms with E-state index < -0.39 is 5.69 Å². The van der Waals surface area contributed by atoms with Gasteiger partial charge in [-0.2, -0.15) is 4.98 Å². The summed E-state index contributed by atoms with van der Waals surface area (Å²) in [5.74, 6) is 0.328. The van der Waals surface area contributed by atoms with Crippen molar-refractivity contribution in [2.45, 2.75) is 39.8 Å². The number of aromatic nitrogens is 3. The minimum absolute atomic E-state index is 0.179. The summed E-state index contributed by atoms with van der Waals surface area (Å²) < 4.78 is 2.65. The number of hydrogen-bond acceptors (Lipinski definition) is 4. The lowest BCUT2D eigenvalue weighted by Gasteiger charge is -2.14. The lowest BCUT2D eigenvalue weighted by molar-refractivity contribution is 0.483. The minimum atomic E-state index is -0.503. The molecule has 0 aromatic carbocycles. The van der Waals surface area contributed by atoms with Gasteiger partial charge in [-0.1, -0.05) is 6.92 Å². The van der Waals surface area contributed by atoms with Crippen molar-refractivity contribution in [1.29, 1.82) is 0 Å². The van der Waals surface area contributed by atoms with Crippen LogP contribution in [0, 0.1) is 0 Å². The van der Waals surface area contributed by atoms with E-state index in [2.05, 4.69) is 10.3 Å². The van der Waals surface area contributed by atoms with Crippen LogP contribution in [0.3, 0.4) is 0 Å². The molecule has 0 saturated carbocycles. The summed E-state index contributed by atoms with van der Waals surface area (Å²) in [4.78, 5) is 27.5. The van der Waals surface area contributed by atoms with Crippen molar-refractivity contribution in [3.63, 3.8) is 0 Å². The Kier molecular flexibility index (Phi) is 3.87. The second-order valence-corrected chi connectivity index (χ2v) is 3.87. The zero-order chi connectivity index (χ0) is 12.3. The predicted octanol–water partition coefficient (Wildman–Crippen LogP) is 0.438. The molecule has 0 fully saturated rings. The maximum Gasteiger partial charge on any atom is 0.355 e. The SMILES string of the molecule is CCCn1c(NC)nc(=O)n(C(C)C)c1=O. The molecular weight excluding hydrogens is 208 g/mol. The Morgan fingerprint density at radius 2 is 2.00 bits per heavy atom. The molecule has 1 N–H and O–H groups in total. The molecule has 6 nitrogen and oxygen atoms in total. The van der Waals surface area contributed by atoms with Crippen molar-refractivity contribution in [1.82, 2.24) is 14.1 Å². The highest BCUT2D eigenvalue weighted by Crippen LogP contribution is 2.00. The fourth-order valence-electron chi connectivity index (χ4n) is 1.57. The van der Waals surface area contributed by atoms with Crippen LogP contribution in [-0.2, 0) is 6.54 Å². The molecule has 1 aromatic rings. The lowest BCUT2D eigenvalue weighted by Crippen LogP contribution is -2.43. The van der Waals surface area contributed by atoms with E-state index in [1.807, 2.05) is 6.92 Å². The zero-order valence-electron chi connectivity index (χ0n) is 10.1. The second kappa shape index (κ2) is 4.96. The summed E-state index contributed by atoms with van der Waals surface area (Å²) in [6.07, 6.45) is 0.812. The van der Waals surface area contributed by atoms with Gasteiger partial charge in [-0.05, 0) is 20.3 Å². The molecule has 0 aliphatic rings. The van der Waals surface area contributed by atoms with Gasteiger partial charge in [0.1, 0.15) is 0 Å². The van der Waals surface area contributed by atoms with Crippen molar-refractivity contribution in [2.24, 2.45) is 0 Å². The quantitative estimate of drug-likeness (QED) is 0.808. The van der Waals surface area contributed by atoms with Crippen LogP contribution in [0.4, 0.5) is 5.95 Å². The highest BCUT2D eigenvalue weighted by Gasteiger charge is 2.13. The van der Waals surface area contributed by atoms with Crippen molar-refractivity contribution >= 4 is 5.95 Å². The Bertz CT molecular complexity index is 473. The molecule has 1 rings (SSSR count). The third-order valence-corrected chi connectivity index (χ3v) is 2.29. The molecule has 90 valence electrons. The third-order valence-electron chi connectivity index (χ3n) is 2.29. The second-order valence-electron chi connectivity index (χ2n) is 3.87. The first-order valence-corrected chi connectivity index (χ1v) is 5.44. The van der Waals surface area contributed by atoms with Crippen LogP contribution < -0.4 is 16.7 Å². The van der Waals surface area contributed by atoms with Crippen LogP contribution in [0.5, 0.6) is 0 Å². The first-order valence-electron chi connectivity index (χ1n) is 5.44. The Morgan fingerprint density at radius 1 is 1.38 bits per heavy atom. The van der Waals surface area contributed by atoms with Gasteiger partial charge in [0, 0.05) is 19.6 Å². The summed E-state index contributed by atoms with van der Waals surface area (Å²) in [5, 5.41) is 2.77. The number of hydrogen-bond donors (Lipinski definition) is 1. The maximum atomic E-state index is 12.0. The highest BCUT2D eigenvalue weighted by molar-refractivity contribution is 5.22. The molecule has 16 heavy (non-hydrogen) atoms. The predicted molar refractivity (Wildman–Crippen MR) is 63.0 cm³/mol. The maximum absolute atomic E-state index is 12.0. The number of nitrogens with one attached hydrogen (secondary N) is 1. The first kappa shape index (κ1) is 12.5. The van der Waals surface area contributed by atoms with Gasteiger partial charge in [-0.3, -0.25) is 4.57 Å². The molecule has 1 heterocycles. The average Bonchev–Trinajstić information content (AvgIpc) is 2.21. The summed E-state index contributed by atoms with van der Waals surface area (Å²) in [5.41, 5.74) is -0.807. The fourth-order valence-corrected chi connectivity index (χ4v) is 1.57. The van der Waals surface area contributed by atoms with Crippen LogP contribution in [0.25, 0.3) is 0 Å². The first-order chi connectivity index (χ1) is 7.52. The molecule has 6 heteroatoms. The topological polar surface area (TPSA) is 68.9 Å². The highest BCUT2D eigenvalue weighted by atomic mass is 16.2. The van der Waals surface area contributed by atoms with E-state index in [9.17, 15) is 9.59 Å². The van der Waals surface area contributed by atoms with Gasteiger partial charge in [0.15, 0.2) is 0 Å². The summed E-state index contributed by atoms with van der Waals surface area (Å²) in [7, 11) is 1.65. The molecular formula is C10H18N4O2. The Morgan fingerprint density at radius 3 is 2.44 bits per heavy atom. The van der Waals surface area contributed by atoms with Crippen LogP contribution in [-0.4, -0.2) is 21.2 Å². The van der Waals surface area contributed by atoms with Gasteiger partial charge in [0.2, 0.25) is 5.95 Å². The largest absolute Gasteiger partial charge is 0.358 e. The molecule has 1 aromatic heterocycles. The number of anilines is 1. The van der Waals surface area contributed by atoms with Crippen LogP contribution in [0.1, 0.15) is 33.2 Å². The standard InChI is InChI=1S/C10H18N4O2/c1-5-6-13-8(11-4)12-9(15)14(7(2)3)10(13)16/h7H,5-6H2,1-4H3,(H,11,12,15). The molecule has 0 saturated heterocycles. The Hall–Kier alpha value is -1.59. The molecule has 0 atom stereocenters. The van der Waals surface area contributed by atoms with Crippen molar-refractivity contribution in [2.75, 3.05) is 12.4 Å². The molecule has 0 aliphatic carbocycles.